The lowest BCUT2D eigenvalue weighted by molar-refractivity contribution is 0.593. The van der Waals surface area contributed by atoms with Crippen LogP contribution in [0.15, 0.2) is 23.8 Å². The van der Waals surface area contributed by atoms with E-state index in [9.17, 15) is 0 Å². The molecule has 1 rings (SSSR count). The molecule has 0 saturated heterocycles. The first-order valence-electron chi connectivity index (χ1n) is 4.82. The molecule has 0 aliphatic heterocycles. The number of rotatable bonds is 3. The van der Waals surface area contributed by atoms with Crippen LogP contribution in [-0.2, 0) is 0 Å². The summed E-state index contributed by atoms with van der Waals surface area (Å²) >= 11 is 0. The number of hydrogen-bond donors (Lipinski definition) is 1. The van der Waals surface area contributed by atoms with Gasteiger partial charge in [0.05, 0.1) is 0 Å². The van der Waals surface area contributed by atoms with Gasteiger partial charge in [-0.2, -0.15) is 0 Å². The van der Waals surface area contributed by atoms with Gasteiger partial charge in [0.1, 0.15) is 0 Å². The van der Waals surface area contributed by atoms with Crippen molar-refractivity contribution in [3.63, 3.8) is 0 Å². The number of hydrogen-bond acceptors (Lipinski definition) is 1. The zero-order valence-electron chi connectivity index (χ0n) is 8.09. The Labute approximate surface area is 75.3 Å². The summed E-state index contributed by atoms with van der Waals surface area (Å²) < 4.78 is 0. The molecule has 0 aromatic carbocycles. The summed E-state index contributed by atoms with van der Waals surface area (Å²) in [6, 6.07) is 0. The van der Waals surface area contributed by atoms with Crippen LogP contribution in [0.3, 0.4) is 0 Å². The van der Waals surface area contributed by atoms with Gasteiger partial charge in [0, 0.05) is 0 Å². The van der Waals surface area contributed by atoms with Crippen molar-refractivity contribution in [3.8, 4) is 0 Å². The molecule has 0 radical (unpaired) electrons. The Kier molecular flexibility index (Phi) is 3.54. The molecule has 1 heteroatoms. The Bertz CT molecular complexity index is 189. The maximum Gasteiger partial charge on any atom is -0.00715 e. The van der Waals surface area contributed by atoms with Gasteiger partial charge in [-0.3, -0.25) is 0 Å². The van der Waals surface area contributed by atoms with Crippen molar-refractivity contribution < 1.29 is 0 Å². The zero-order chi connectivity index (χ0) is 8.97. The highest BCUT2D eigenvalue weighted by atomic mass is 14.5. The molecular weight excluding hydrogens is 146 g/mol. The molecule has 0 fully saturated rings. The zero-order valence-corrected chi connectivity index (χ0v) is 8.09. The van der Waals surface area contributed by atoms with Crippen LogP contribution < -0.4 is 5.73 Å². The third-order valence-electron chi connectivity index (χ3n) is 2.42. The van der Waals surface area contributed by atoms with Crippen LogP contribution in [0.2, 0.25) is 0 Å². The van der Waals surface area contributed by atoms with Crippen molar-refractivity contribution in [1.29, 1.82) is 0 Å². The standard InChI is InChI=1S/C11H19N/c1-9(2)11-5-3-10(4-6-11)7-8-12/h3,5-6,9-10H,4,7-8,12H2,1-2H3. The Morgan fingerprint density at radius 3 is 2.75 bits per heavy atom. The van der Waals surface area contributed by atoms with Crippen LogP contribution in [0.1, 0.15) is 26.7 Å². The highest BCUT2D eigenvalue weighted by Gasteiger charge is 2.09. The van der Waals surface area contributed by atoms with Gasteiger partial charge in [0.2, 0.25) is 0 Å². The Morgan fingerprint density at radius 1 is 1.58 bits per heavy atom. The average molecular weight is 165 g/mol. The summed E-state index contributed by atoms with van der Waals surface area (Å²) in [5, 5.41) is 0. The fourth-order valence-electron chi connectivity index (χ4n) is 1.54. The SMILES string of the molecule is CC(C)C1=CCC(CCN)C=C1. The van der Waals surface area contributed by atoms with E-state index in [1.165, 1.54) is 12.0 Å². The summed E-state index contributed by atoms with van der Waals surface area (Å²) in [4.78, 5) is 0. The van der Waals surface area contributed by atoms with Crippen LogP contribution in [0, 0.1) is 11.8 Å². The topological polar surface area (TPSA) is 26.0 Å². The van der Waals surface area contributed by atoms with E-state index in [0.29, 0.717) is 11.8 Å². The molecule has 0 heterocycles. The van der Waals surface area contributed by atoms with Crippen molar-refractivity contribution in [2.45, 2.75) is 26.7 Å². The van der Waals surface area contributed by atoms with Crippen LogP contribution >= 0.6 is 0 Å². The molecule has 68 valence electrons. The smallest absolute Gasteiger partial charge is 0.00715 e. The van der Waals surface area contributed by atoms with Gasteiger partial charge >= 0.3 is 0 Å². The van der Waals surface area contributed by atoms with Crippen LogP contribution in [0.25, 0.3) is 0 Å². The maximum atomic E-state index is 5.50. The second kappa shape index (κ2) is 4.46. The first-order valence-corrected chi connectivity index (χ1v) is 4.82. The molecule has 1 atom stereocenters. The van der Waals surface area contributed by atoms with E-state index in [-0.39, 0.29) is 0 Å². The molecule has 0 aromatic heterocycles. The molecule has 2 N–H and O–H groups in total. The fraction of sp³-hybridized carbons (Fsp3) is 0.636. The quantitative estimate of drug-likeness (QED) is 0.683. The average Bonchev–Trinajstić information content (AvgIpc) is 2.06. The molecule has 1 unspecified atom stereocenters. The van der Waals surface area contributed by atoms with Crippen molar-refractivity contribution in [2.75, 3.05) is 6.54 Å². The minimum atomic E-state index is 0.667. The van der Waals surface area contributed by atoms with Crippen LogP contribution in [-0.4, -0.2) is 6.54 Å². The molecule has 0 amide bonds. The van der Waals surface area contributed by atoms with E-state index in [4.69, 9.17) is 5.73 Å². The predicted octanol–water partition coefficient (Wildman–Crippen LogP) is 2.49. The van der Waals surface area contributed by atoms with Gasteiger partial charge in [-0.15, -0.1) is 0 Å². The molecule has 12 heavy (non-hydrogen) atoms. The van der Waals surface area contributed by atoms with E-state index < -0.39 is 0 Å². The molecule has 0 bridgehead atoms. The first-order chi connectivity index (χ1) is 5.74. The Hall–Kier alpha value is -0.560. The maximum absolute atomic E-state index is 5.50. The van der Waals surface area contributed by atoms with E-state index in [2.05, 4.69) is 32.1 Å². The minimum absolute atomic E-state index is 0.667. The highest BCUT2D eigenvalue weighted by Crippen LogP contribution is 2.22. The second-order valence-corrected chi connectivity index (χ2v) is 3.79. The van der Waals surface area contributed by atoms with Crippen molar-refractivity contribution in [1.82, 2.24) is 0 Å². The second-order valence-electron chi connectivity index (χ2n) is 3.79. The van der Waals surface area contributed by atoms with Gasteiger partial charge < -0.3 is 5.73 Å². The van der Waals surface area contributed by atoms with E-state index >= 15 is 0 Å². The Balaban J connectivity index is 2.44. The lowest BCUT2D eigenvalue weighted by Gasteiger charge is -2.17. The third kappa shape index (κ3) is 2.49. The van der Waals surface area contributed by atoms with Crippen molar-refractivity contribution in [3.05, 3.63) is 23.8 Å². The van der Waals surface area contributed by atoms with Crippen molar-refractivity contribution >= 4 is 0 Å². The molecule has 0 aromatic rings. The molecule has 1 aliphatic carbocycles. The molecular formula is C11H19N. The van der Waals surface area contributed by atoms with Crippen molar-refractivity contribution in [2.24, 2.45) is 17.6 Å². The van der Waals surface area contributed by atoms with Gasteiger partial charge in [-0.25, -0.2) is 0 Å². The summed E-state index contributed by atoms with van der Waals surface area (Å²) in [7, 11) is 0. The van der Waals surface area contributed by atoms with Gasteiger partial charge in [-0.1, -0.05) is 32.1 Å². The molecule has 1 nitrogen and oxygen atoms in total. The molecule has 1 aliphatic rings. The summed E-state index contributed by atoms with van der Waals surface area (Å²) in [5.41, 5.74) is 6.97. The normalized spacial score (nSPS) is 23.0. The van der Waals surface area contributed by atoms with E-state index in [1.807, 2.05) is 0 Å². The fourth-order valence-corrected chi connectivity index (χ4v) is 1.54. The number of nitrogens with two attached hydrogens (primary N) is 1. The van der Waals surface area contributed by atoms with Crippen LogP contribution in [0.5, 0.6) is 0 Å². The van der Waals surface area contributed by atoms with Gasteiger partial charge in [0.25, 0.3) is 0 Å². The predicted molar refractivity (Wildman–Crippen MR) is 53.8 cm³/mol. The minimum Gasteiger partial charge on any atom is -0.330 e. The van der Waals surface area contributed by atoms with Crippen LogP contribution in [0.4, 0.5) is 0 Å². The van der Waals surface area contributed by atoms with E-state index in [1.54, 1.807) is 0 Å². The van der Waals surface area contributed by atoms with E-state index in [0.717, 1.165) is 13.0 Å². The third-order valence-corrected chi connectivity index (χ3v) is 2.42. The molecule has 0 spiro atoms. The number of allylic oxidation sites excluding steroid dienone is 4. The summed E-state index contributed by atoms with van der Waals surface area (Å²) in [6.07, 6.45) is 9.22. The lowest BCUT2D eigenvalue weighted by Crippen LogP contribution is -2.09. The van der Waals surface area contributed by atoms with Gasteiger partial charge in [0.15, 0.2) is 0 Å². The molecule has 0 saturated carbocycles. The lowest BCUT2D eigenvalue weighted by atomic mass is 9.90. The summed E-state index contributed by atoms with van der Waals surface area (Å²) in [6.45, 7) is 5.28. The first kappa shape index (κ1) is 9.53. The largest absolute Gasteiger partial charge is 0.330 e. The monoisotopic (exact) mass is 165 g/mol. The highest BCUT2D eigenvalue weighted by molar-refractivity contribution is 5.25. The summed E-state index contributed by atoms with van der Waals surface area (Å²) in [5.74, 6) is 1.36. The Morgan fingerprint density at radius 2 is 2.33 bits per heavy atom. The van der Waals surface area contributed by atoms with Gasteiger partial charge in [-0.05, 0) is 36.8 Å².